The van der Waals surface area contributed by atoms with E-state index < -0.39 is 29.4 Å². The monoisotopic (exact) mass is 736 g/mol. The lowest BCUT2D eigenvalue weighted by atomic mass is 9.78. The van der Waals surface area contributed by atoms with E-state index in [1.807, 2.05) is 16.4 Å². The van der Waals surface area contributed by atoms with E-state index in [4.69, 9.17) is 24.1 Å². The second kappa shape index (κ2) is 18.8. The molecule has 1 atom stereocenters. The van der Waals surface area contributed by atoms with Crippen LogP contribution in [-0.4, -0.2) is 84.8 Å². The lowest BCUT2D eigenvalue weighted by Gasteiger charge is -2.31. The highest BCUT2D eigenvalue weighted by molar-refractivity contribution is 7.82. The van der Waals surface area contributed by atoms with E-state index in [-0.39, 0.29) is 10.8 Å². The van der Waals surface area contributed by atoms with Crippen molar-refractivity contribution in [1.82, 2.24) is 9.62 Å². The van der Waals surface area contributed by atoms with Crippen LogP contribution >= 0.6 is 0 Å². The number of carbonyl (C=O) groups is 2. The Morgan fingerprint density at radius 2 is 1.35 bits per heavy atom. The first-order valence-corrected chi connectivity index (χ1v) is 19.2. The van der Waals surface area contributed by atoms with Gasteiger partial charge in [-0.3, -0.25) is 9.59 Å². The molecule has 2 N–H and O–H groups in total. The van der Waals surface area contributed by atoms with E-state index >= 15 is 0 Å². The molecular formula is C41H56N2O8S. The second-order valence-corrected chi connectivity index (χ2v) is 16.7. The van der Waals surface area contributed by atoms with E-state index in [2.05, 4.69) is 78.0 Å². The third-order valence-corrected chi connectivity index (χ3v) is 10.6. The molecule has 1 aliphatic rings. The first-order valence-electron chi connectivity index (χ1n) is 18.1. The number of carbonyl (C=O) groups excluding carboxylic acids is 1. The van der Waals surface area contributed by atoms with Crippen LogP contribution in [0, 0.1) is 6.92 Å². The van der Waals surface area contributed by atoms with Crippen LogP contribution in [0.3, 0.4) is 0 Å². The topological polar surface area (TPSA) is 124 Å². The molecule has 0 aromatic heterocycles. The molecule has 3 aromatic rings. The van der Waals surface area contributed by atoms with Gasteiger partial charge in [0.25, 0.3) is 5.91 Å². The molecular weight excluding hydrogens is 681 g/mol. The van der Waals surface area contributed by atoms with Crippen molar-refractivity contribution < 1.29 is 37.9 Å². The van der Waals surface area contributed by atoms with Gasteiger partial charge in [-0.1, -0.05) is 59.7 Å². The van der Waals surface area contributed by atoms with Gasteiger partial charge in [0.1, 0.15) is 42.2 Å². The van der Waals surface area contributed by atoms with E-state index in [9.17, 15) is 13.8 Å². The van der Waals surface area contributed by atoms with Gasteiger partial charge in [0.15, 0.2) is 0 Å². The average Bonchev–Trinajstić information content (AvgIpc) is 3.10. The van der Waals surface area contributed by atoms with Crippen LogP contribution in [0.25, 0.3) is 0 Å². The molecule has 10 nitrogen and oxygen atoms in total. The zero-order valence-electron chi connectivity index (χ0n) is 31.8. The maximum Gasteiger partial charge on any atom is 0.322 e. The van der Waals surface area contributed by atoms with Crippen molar-refractivity contribution in [3.63, 3.8) is 0 Å². The first-order chi connectivity index (χ1) is 24.6. The molecule has 1 saturated heterocycles. The number of carboxylic acids is 1. The van der Waals surface area contributed by atoms with Crippen molar-refractivity contribution in [2.75, 3.05) is 59.3 Å². The summed E-state index contributed by atoms with van der Waals surface area (Å²) in [6.07, 6.45) is 1.76. The number of nitrogens with zero attached hydrogens (tertiary/aromatic N) is 1. The Kier molecular flexibility index (Phi) is 14.8. The van der Waals surface area contributed by atoms with Crippen molar-refractivity contribution in [2.24, 2.45) is 0 Å². The molecule has 1 amide bonds. The smallest absolute Gasteiger partial charge is 0.322 e. The summed E-state index contributed by atoms with van der Waals surface area (Å²) in [5.41, 5.74) is 5.40. The Hall–Kier alpha value is -3.77. The summed E-state index contributed by atoms with van der Waals surface area (Å²) in [7, 11) is -1.34. The van der Waals surface area contributed by atoms with Gasteiger partial charge in [0.05, 0.1) is 31.3 Å². The molecule has 0 saturated carbocycles. The number of nitrogens with one attached hydrogen (secondary N) is 1. The van der Waals surface area contributed by atoms with Crippen LogP contribution < -0.4 is 14.8 Å². The third kappa shape index (κ3) is 12.1. The molecule has 1 heterocycles. The minimum Gasteiger partial charge on any atom is -0.491 e. The lowest BCUT2D eigenvalue weighted by molar-refractivity contribution is -0.135. The van der Waals surface area contributed by atoms with E-state index in [1.54, 1.807) is 24.3 Å². The van der Waals surface area contributed by atoms with Crippen molar-refractivity contribution in [2.45, 2.75) is 83.0 Å². The summed E-state index contributed by atoms with van der Waals surface area (Å²) in [5, 5.41) is 11.1. The van der Waals surface area contributed by atoms with Crippen molar-refractivity contribution in [3.05, 3.63) is 88.5 Å². The Morgan fingerprint density at radius 1 is 0.788 bits per heavy atom. The van der Waals surface area contributed by atoms with Crippen LogP contribution in [0.5, 0.6) is 11.5 Å². The molecule has 11 heteroatoms. The molecule has 1 unspecified atom stereocenters. The van der Waals surface area contributed by atoms with Crippen molar-refractivity contribution >= 4 is 22.9 Å². The Labute approximate surface area is 311 Å². The molecule has 1 fully saturated rings. The molecule has 0 aliphatic carbocycles. The molecule has 52 heavy (non-hydrogen) atoms. The molecule has 4 rings (SSSR count). The molecule has 3 aromatic carbocycles. The van der Waals surface area contributed by atoms with Crippen LogP contribution in [0.15, 0.2) is 65.6 Å². The van der Waals surface area contributed by atoms with Gasteiger partial charge in [0.2, 0.25) is 0 Å². The number of hydrogen-bond acceptors (Lipinski definition) is 7. The average molecular weight is 737 g/mol. The predicted molar refractivity (Wildman–Crippen MR) is 204 cm³/mol. The molecule has 0 spiro atoms. The van der Waals surface area contributed by atoms with Crippen molar-refractivity contribution in [1.29, 1.82) is 0 Å². The Bertz CT molecular complexity index is 1640. The fourth-order valence-electron chi connectivity index (χ4n) is 6.27. The number of benzene rings is 3. The van der Waals surface area contributed by atoms with Crippen LogP contribution in [0.2, 0.25) is 0 Å². The number of piperidine rings is 1. The summed E-state index contributed by atoms with van der Waals surface area (Å²) >= 11 is 0. The number of aryl methyl sites for hydroxylation is 1. The first kappa shape index (κ1) is 41.0. The zero-order valence-corrected chi connectivity index (χ0v) is 32.6. The third-order valence-electron chi connectivity index (χ3n) is 9.05. The van der Waals surface area contributed by atoms with Gasteiger partial charge in [-0.2, -0.15) is 0 Å². The molecule has 0 bridgehead atoms. The zero-order chi connectivity index (χ0) is 37.9. The summed E-state index contributed by atoms with van der Waals surface area (Å²) in [4.78, 5) is 23.3. The maximum atomic E-state index is 13.2. The van der Waals surface area contributed by atoms with Gasteiger partial charge in [0, 0.05) is 18.7 Å². The van der Waals surface area contributed by atoms with Crippen LogP contribution in [0.1, 0.15) is 92.9 Å². The van der Waals surface area contributed by atoms with Crippen LogP contribution in [0.4, 0.5) is 0 Å². The number of carboxylic acid groups (broad SMARTS) is 1. The number of rotatable bonds is 17. The van der Waals surface area contributed by atoms with Gasteiger partial charge in [-0.15, -0.1) is 0 Å². The maximum absolute atomic E-state index is 13.2. The van der Waals surface area contributed by atoms with Gasteiger partial charge in [-0.25, -0.2) is 8.51 Å². The lowest BCUT2D eigenvalue weighted by Crippen LogP contribution is -2.34. The second-order valence-electron chi connectivity index (χ2n) is 15.2. The fraction of sp³-hybridized carbons (Fsp3) is 0.512. The summed E-state index contributed by atoms with van der Waals surface area (Å²) in [5.74, 6) is 0.495. The summed E-state index contributed by atoms with van der Waals surface area (Å²) in [6.45, 7) is 19.3. The molecule has 284 valence electrons. The van der Waals surface area contributed by atoms with E-state index in [1.165, 1.54) is 22.3 Å². The normalized spacial score (nSPS) is 14.9. The number of hydrogen-bond donors (Lipinski definition) is 2. The van der Waals surface area contributed by atoms with Gasteiger partial charge in [-0.05, 0) is 101 Å². The molecule has 0 radical (unpaired) electrons. The molecule has 1 aliphatic heterocycles. The highest BCUT2D eigenvalue weighted by Crippen LogP contribution is 2.37. The number of aliphatic carboxylic acids is 1. The quantitative estimate of drug-likeness (QED) is 0.145. The summed E-state index contributed by atoms with van der Waals surface area (Å²) < 4.78 is 38.6. The predicted octanol–water partition coefficient (Wildman–Crippen LogP) is 6.80. The van der Waals surface area contributed by atoms with E-state index in [0.717, 1.165) is 24.3 Å². The minimum atomic E-state index is -1.34. The standard InChI is InChI=1S/C41H56N2O8S/c1-29-26-37(36(41(5,6)7)27-35(29)40(2,3)4)51-25-23-49-21-20-48-22-24-50-33-12-8-30(9-13-33)31-16-18-43(19-17-31)52(47)34-14-10-32(11-15-34)39(46)42-28-38(44)45/h8-15,26-27,31H,16-25,28H2,1-7H3,(H,42,46)(H,44,45). The van der Waals surface area contributed by atoms with Gasteiger partial charge >= 0.3 is 5.97 Å². The Balaban J connectivity index is 1.09. The largest absolute Gasteiger partial charge is 0.491 e. The highest BCUT2D eigenvalue weighted by Gasteiger charge is 2.26. The Morgan fingerprint density at radius 3 is 1.90 bits per heavy atom. The summed E-state index contributed by atoms with van der Waals surface area (Å²) in [6, 6.07) is 19.1. The minimum absolute atomic E-state index is 0.0284. The fourth-order valence-corrected chi connectivity index (χ4v) is 7.48. The number of amides is 1. The van der Waals surface area contributed by atoms with Crippen molar-refractivity contribution in [3.8, 4) is 11.5 Å². The van der Waals surface area contributed by atoms with Crippen LogP contribution in [-0.2, 0) is 36.1 Å². The van der Waals surface area contributed by atoms with E-state index in [0.29, 0.717) is 69.1 Å². The SMILES string of the molecule is Cc1cc(OCCOCCOCCOc2ccc(C3CCN(S(=O)c4ccc(C(=O)NCC(=O)O)cc4)CC3)cc2)c(C(C)(C)C)cc1C(C)(C)C. The number of ether oxygens (including phenoxy) is 4. The van der Waals surface area contributed by atoms with Gasteiger partial charge < -0.3 is 29.4 Å². The highest BCUT2D eigenvalue weighted by atomic mass is 32.2.